The van der Waals surface area contributed by atoms with Gasteiger partial charge >= 0.3 is 0 Å². The fraction of sp³-hybridized carbons (Fsp3) is 0.300. The van der Waals surface area contributed by atoms with Crippen molar-refractivity contribution < 1.29 is 9.90 Å². The van der Waals surface area contributed by atoms with Crippen molar-refractivity contribution in [1.82, 2.24) is 19.6 Å². The van der Waals surface area contributed by atoms with Crippen LogP contribution in [-0.4, -0.2) is 51.0 Å². The number of hydrogen-bond donors (Lipinski definition) is 2. The molecule has 140 valence electrons. The van der Waals surface area contributed by atoms with E-state index >= 15 is 0 Å². The summed E-state index contributed by atoms with van der Waals surface area (Å²) in [5, 5.41) is 13.1. The Morgan fingerprint density at radius 3 is 2.89 bits per heavy atom. The molecule has 3 aromatic rings. The van der Waals surface area contributed by atoms with Gasteiger partial charge in [0, 0.05) is 43.0 Å². The number of aliphatic hydroxyl groups is 1. The Labute approximate surface area is 166 Å². The van der Waals surface area contributed by atoms with Crippen LogP contribution < -0.4 is 5.32 Å². The van der Waals surface area contributed by atoms with Gasteiger partial charge in [-0.25, -0.2) is 4.98 Å². The monoisotopic (exact) mass is 428 g/mol. The lowest BCUT2D eigenvalue weighted by Crippen LogP contribution is -2.42. The molecule has 1 aromatic carbocycles. The van der Waals surface area contributed by atoms with E-state index in [-0.39, 0.29) is 12.5 Å². The summed E-state index contributed by atoms with van der Waals surface area (Å²) in [4.78, 5) is 18.9. The fourth-order valence-corrected chi connectivity index (χ4v) is 3.80. The number of carbonyl (C=O) groups is 1. The van der Waals surface area contributed by atoms with Crippen molar-refractivity contribution in [1.29, 1.82) is 0 Å². The highest BCUT2D eigenvalue weighted by Crippen LogP contribution is 2.18. The summed E-state index contributed by atoms with van der Waals surface area (Å²) in [5.74, 6) is -0.280. The number of hydrogen-bond acceptors (Lipinski definition) is 4. The molecule has 2 N–H and O–H groups in total. The molecule has 0 radical (unpaired) electrons. The summed E-state index contributed by atoms with van der Waals surface area (Å²) in [7, 11) is 0. The Morgan fingerprint density at radius 2 is 2.04 bits per heavy atom. The van der Waals surface area contributed by atoms with Crippen molar-refractivity contribution in [3.8, 4) is 0 Å². The Kier molecular flexibility index (Phi) is 5.24. The third kappa shape index (κ3) is 4.21. The number of rotatable bonds is 5. The Morgan fingerprint density at radius 1 is 1.22 bits per heavy atom. The van der Waals surface area contributed by atoms with Crippen molar-refractivity contribution >= 4 is 27.5 Å². The van der Waals surface area contributed by atoms with E-state index in [1.165, 1.54) is 11.1 Å². The first-order valence-corrected chi connectivity index (χ1v) is 9.77. The van der Waals surface area contributed by atoms with Crippen LogP contribution in [0.3, 0.4) is 0 Å². The number of nitrogens with zero attached hydrogens (tertiary/aromatic N) is 3. The van der Waals surface area contributed by atoms with Crippen molar-refractivity contribution in [3.63, 3.8) is 0 Å². The smallest absolute Gasteiger partial charge is 0.271 e. The largest absolute Gasteiger partial charge is 0.390 e. The van der Waals surface area contributed by atoms with E-state index in [0.29, 0.717) is 17.9 Å². The van der Waals surface area contributed by atoms with E-state index in [1.54, 1.807) is 10.6 Å². The van der Waals surface area contributed by atoms with Crippen LogP contribution in [0.15, 0.2) is 53.3 Å². The molecule has 1 aliphatic rings. The van der Waals surface area contributed by atoms with Crippen molar-refractivity contribution in [3.05, 3.63) is 70.1 Å². The number of β-amino-alcohol motifs (C(OH)–C–C–N with tert-alkyl or cyclic N) is 1. The van der Waals surface area contributed by atoms with E-state index < -0.39 is 6.10 Å². The first-order valence-electron chi connectivity index (χ1n) is 8.98. The zero-order valence-corrected chi connectivity index (χ0v) is 16.4. The Bertz CT molecular complexity index is 972. The minimum atomic E-state index is -0.620. The minimum absolute atomic E-state index is 0.203. The molecule has 3 heterocycles. The molecule has 6 nitrogen and oxygen atoms in total. The molecule has 1 atom stereocenters. The maximum absolute atomic E-state index is 12.3. The van der Waals surface area contributed by atoms with Crippen LogP contribution >= 0.6 is 15.9 Å². The second kappa shape index (κ2) is 7.80. The van der Waals surface area contributed by atoms with Gasteiger partial charge in [-0.15, -0.1) is 0 Å². The average molecular weight is 429 g/mol. The molecule has 0 fully saturated rings. The van der Waals surface area contributed by atoms with Crippen molar-refractivity contribution in [2.75, 3.05) is 19.6 Å². The minimum Gasteiger partial charge on any atom is -0.390 e. The van der Waals surface area contributed by atoms with Crippen LogP contribution in [0.5, 0.6) is 0 Å². The topological polar surface area (TPSA) is 69.9 Å². The van der Waals surface area contributed by atoms with Gasteiger partial charge in [0.25, 0.3) is 5.91 Å². The predicted molar refractivity (Wildman–Crippen MR) is 107 cm³/mol. The highest BCUT2D eigenvalue weighted by Gasteiger charge is 2.19. The Balaban J connectivity index is 1.31. The zero-order chi connectivity index (χ0) is 18.8. The molecule has 2 aromatic heterocycles. The van der Waals surface area contributed by atoms with Gasteiger partial charge in [0.05, 0.1) is 6.10 Å². The van der Waals surface area contributed by atoms with Crippen LogP contribution in [0.4, 0.5) is 0 Å². The van der Waals surface area contributed by atoms with E-state index in [1.807, 2.05) is 24.4 Å². The molecule has 4 rings (SSSR count). The van der Waals surface area contributed by atoms with Crippen LogP contribution in [0.1, 0.15) is 21.6 Å². The first kappa shape index (κ1) is 18.2. The number of imidazole rings is 1. The molecule has 0 aliphatic carbocycles. The molecule has 27 heavy (non-hydrogen) atoms. The van der Waals surface area contributed by atoms with Crippen LogP contribution in [0.25, 0.3) is 5.65 Å². The lowest BCUT2D eigenvalue weighted by Gasteiger charge is -2.30. The first-order chi connectivity index (χ1) is 13.1. The lowest BCUT2D eigenvalue weighted by molar-refractivity contribution is 0.0838. The second-order valence-corrected chi connectivity index (χ2v) is 7.77. The van der Waals surface area contributed by atoms with Crippen molar-refractivity contribution in [2.24, 2.45) is 0 Å². The van der Waals surface area contributed by atoms with Gasteiger partial charge in [-0.05, 0) is 45.6 Å². The molecular weight excluding hydrogens is 408 g/mol. The highest BCUT2D eigenvalue weighted by atomic mass is 79.9. The SMILES string of the molecule is O=C(NC[C@H](O)CN1CCc2ccccc2C1)c1cn2cc(Br)ccc2n1. The van der Waals surface area contributed by atoms with Crippen LogP contribution in [0.2, 0.25) is 0 Å². The summed E-state index contributed by atoms with van der Waals surface area (Å²) in [6, 6.07) is 12.1. The van der Waals surface area contributed by atoms with Gasteiger partial charge in [0.15, 0.2) is 0 Å². The molecule has 1 aliphatic heterocycles. The molecule has 0 bridgehead atoms. The molecule has 0 unspecified atom stereocenters. The van der Waals surface area contributed by atoms with E-state index in [2.05, 4.69) is 49.3 Å². The molecule has 0 saturated heterocycles. The lowest BCUT2D eigenvalue weighted by atomic mass is 10.00. The quantitative estimate of drug-likeness (QED) is 0.653. The number of benzene rings is 1. The number of fused-ring (bicyclic) bond motifs is 2. The summed E-state index contributed by atoms with van der Waals surface area (Å²) < 4.78 is 2.71. The summed E-state index contributed by atoms with van der Waals surface area (Å²) in [6.45, 7) is 2.49. The van der Waals surface area contributed by atoms with Gasteiger partial charge in [-0.3, -0.25) is 9.69 Å². The third-order valence-corrected chi connectivity index (χ3v) is 5.29. The summed E-state index contributed by atoms with van der Waals surface area (Å²) in [5.41, 5.74) is 3.74. The standard InChI is InChI=1S/C20H21BrN4O2/c21-16-5-6-19-23-18(13-25(19)11-16)20(27)22-9-17(26)12-24-8-7-14-3-1-2-4-15(14)10-24/h1-6,11,13,17,26H,7-10,12H2,(H,22,27)/t17-/m0/s1. The van der Waals surface area contributed by atoms with Crippen LogP contribution in [-0.2, 0) is 13.0 Å². The van der Waals surface area contributed by atoms with E-state index in [0.717, 1.165) is 24.0 Å². The number of aliphatic hydroxyl groups excluding tert-OH is 1. The molecule has 7 heteroatoms. The van der Waals surface area contributed by atoms with Gasteiger partial charge in [0.2, 0.25) is 0 Å². The Hall–Kier alpha value is -2.22. The van der Waals surface area contributed by atoms with E-state index in [9.17, 15) is 9.90 Å². The average Bonchev–Trinajstić information content (AvgIpc) is 3.09. The number of carbonyl (C=O) groups excluding carboxylic acids is 1. The number of pyridine rings is 1. The van der Waals surface area contributed by atoms with Crippen molar-refractivity contribution in [2.45, 2.75) is 19.1 Å². The van der Waals surface area contributed by atoms with Gasteiger partial charge < -0.3 is 14.8 Å². The number of aromatic nitrogens is 2. The fourth-order valence-electron chi connectivity index (χ4n) is 3.45. The summed E-state index contributed by atoms with van der Waals surface area (Å²) in [6.07, 6.45) is 3.91. The van der Waals surface area contributed by atoms with Gasteiger partial charge in [-0.2, -0.15) is 0 Å². The zero-order valence-electron chi connectivity index (χ0n) is 14.8. The third-order valence-electron chi connectivity index (χ3n) is 4.82. The molecule has 0 saturated carbocycles. The molecular formula is C20H21BrN4O2. The molecule has 0 spiro atoms. The number of halogens is 1. The maximum atomic E-state index is 12.3. The van der Waals surface area contributed by atoms with E-state index in [4.69, 9.17) is 0 Å². The highest BCUT2D eigenvalue weighted by molar-refractivity contribution is 9.10. The number of amides is 1. The second-order valence-electron chi connectivity index (χ2n) is 6.86. The maximum Gasteiger partial charge on any atom is 0.271 e. The molecule has 1 amide bonds. The normalized spacial score (nSPS) is 15.5. The predicted octanol–water partition coefficient (Wildman–Crippen LogP) is 2.25. The van der Waals surface area contributed by atoms with Gasteiger partial charge in [-0.1, -0.05) is 24.3 Å². The summed E-state index contributed by atoms with van der Waals surface area (Å²) >= 11 is 3.40. The van der Waals surface area contributed by atoms with Gasteiger partial charge in [0.1, 0.15) is 11.3 Å². The number of nitrogens with one attached hydrogen (secondary N) is 1. The van der Waals surface area contributed by atoms with Crippen LogP contribution in [0, 0.1) is 0 Å².